The first kappa shape index (κ1) is 19.2. The molecule has 0 aromatic rings. The number of esters is 1. The standard InChI is InChI=1S/C14H26N2O5/c1-9(2)8-11(13(19)21-5)15-14(20)16(10(3)4)7-6-12(17)18/h9-11H,6-8H2,1-5H3,(H,15,20)(H,17,18). The molecule has 21 heavy (non-hydrogen) atoms. The molecule has 7 nitrogen and oxygen atoms in total. The fourth-order valence-electron chi connectivity index (χ4n) is 1.87. The molecule has 0 aliphatic heterocycles. The number of methoxy groups -OCH3 is 1. The lowest BCUT2D eigenvalue weighted by Gasteiger charge is -2.28. The van der Waals surface area contributed by atoms with Crippen molar-refractivity contribution in [2.75, 3.05) is 13.7 Å². The molecule has 0 rings (SSSR count). The van der Waals surface area contributed by atoms with Crippen LogP contribution in [0.1, 0.15) is 40.5 Å². The molecule has 1 unspecified atom stereocenters. The van der Waals surface area contributed by atoms with Crippen molar-refractivity contribution < 1.29 is 24.2 Å². The van der Waals surface area contributed by atoms with Crippen LogP contribution in [0, 0.1) is 5.92 Å². The van der Waals surface area contributed by atoms with Crippen molar-refractivity contribution in [1.82, 2.24) is 10.2 Å². The number of aliphatic carboxylic acids is 1. The van der Waals surface area contributed by atoms with E-state index in [-0.39, 0.29) is 24.9 Å². The van der Waals surface area contributed by atoms with E-state index in [0.29, 0.717) is 6.42 Å². The largest absolute Gasteiger partial charge is 0.481 e. The number of carbonyl (C=O) groups is 3. The van der Waals surface area contributed by atoms with Gasteiger partial charge in [0.1, 0.15) is 6.04 Å². The molecule has 0 saturated carbocycles. The van der Waals surface area contributed by atoms with Gasteiger partial charge >= 0.3 is 18.0 Å². The second-order valence-corrected chi connectivity index (χ2v) is 5.59. The Kier molecular flexibility index (Phi) is 8.42. The molecule has 0 spiro atoms. The summed E-state index contributed by atoms with van der Waals surface area (Å²) in [6, 6.07) is -1.35. The second kappa shape index (κ2) is 9.20. The normalized spacial score (nSPS) is 12.1. The van der Waals surface area contributed by atoms with Gasteiger partial charge in [-0.25, -0.2) is 9.59 Å². The van der Waals surface area contributed by atoms with E-state index in [2.05, 4.69) is 10.1 Å². The number of ether oxygens (including phenoxy) is 1. The van der Waals surface area contributed by atoms with Crippen LogP contribution in [0.5, 0.6) is 0 Å². The van der Waals surface area contributed by atoms with Crippen LogP contribution in [-0.4, -0.2) is 53.7 Å². The number of urea groups is 1. The SMILES string of the molecule is COC(=O)C(CC(C)C)NC(=O)N(CCC(=O)O)C(C)C. The lowest BCUT2D eigenvalue weighted by atomic mass is 10.0. The molecular weight excluding hydrogens is 276 g/mol. The molecule has 2 N–H and O–H groups in total. The summed E-state index contributed by atoms with van der Waals surface area (Å²) in [5.41, 5.74) is 0. The van der Waals surface area contributed by atoms with Crippen LogP contribution in [-0.2, 0) is 14.3 Å². The first-order valence-corrected chi connectivity index (χ1v) is 7.05. The molecule has 0 aliphatic rings. The van der Waals surface area contributed by atoms with Crippen LogP contribution in [0.2, 0.25) is 0 Å². The van der Waals surface area contributed by atoms with Crippen molar-refractivity contribution in [3.63, 3.8) is 0 Å². The smallest absolute Gasteiger partial charge is 0.328 e. The summed E-state index contributed by atoms with van der Waals surface area (Å²) >= 11 is 0. The number of nitrogens with one attached hydrogen (secondary N) is 1. The zero-order valence-corrected chi connectivity index (χ0v) is 13.4. The minimum absolute atomic E-state index is 0.0917. The topological polar surface area (TPSA) is 95.9 Å². The first-order chi connectivity index (χ1) is 9.68. The molecule has 122 valence electrons. The number of nitrogens with zero attached hydrogens (tertiary/aromatic N) is 1. The number of carbonyl (C=O) groups excluding carboxylic acids is 2. The molecule has 0 saturated heterocycles. The van der Waals surface area contributed by atoms with E-state index in [1.807, 2.05) is 13.8 Å². The molecule has 7 heteroatoms. The van der Waals surface area contributed by atoms with E-state index in [4.69, 9.17) is 5.11 Å². The summed E-state index contributed by atoms with van der Waals surface area (Å²) < 4.78 is 4.69. The quantitative estimate of drug-likeness (QED) is 0.662. The third-order valence-corrected chi connectivity index (χ3v) is 2.94. The zero-order chi connectivity index (χ0) is 16.6. The Morgan fingerprint density at radius 3 is 2.14 bits per heavy atom. The summed E-state index contributed by atoms with van der Waals surface area (Å²) in [5, 5.41) is 11.3. The van der Waals surface area contributed by atoms with Crippen LogP contribution in [0.3, 0.4) is 0 Å². The highest BCUT2D eigenvalue weighted by atomic mass is 16.5. The average molecular weight is 302 g/mol. The van der Waals surface area contributed by atoms with Gasteiger partial charge in [0.05, 0.1) is 13.5 Å². The Bertz CT molecular complexity index is 368. The van der Waals surface area contributed by atoms with Crippen molar-refractivity contribution in [3.8, 4) is 0 Å². The fourth-order valence-corrected chi connectivity index (χ4v) is 1.87. The van der Waals surface area contributed by atoms with Crippen molar-refractivity contribution in [3.05, 3.63) is 0 Å². The number of carboxylic acid groups (broad SMARTS) is 1. The Balaban J connectivity index is 4.81. The Hall–Kier alpha value is -1.79. The monoisotopic (exact) mass is 302 g/mol. The Labute approximate surface area is 125 Å². The van der Waals surface area contributed by atoms with Crippen LogP contribution in [0.15, 0.2) is 0 Å². The molecule has 0 aromatic carbocycles. The Morgan fingerprint density at radius 2 is 1.76 bits per heavy atom. The third-order valence-electron chi connectivity index (χ3n) is 2.94. The summed E-state index contributed by atoms with van der Waals surface area (Å²) in [4.78, 5) is 35.9. The highest BCUT2D eigenvalue weighted by Gasteiger charge is 2.26. The first-order valence-electron chi connectivity index (χ1n) is 7.05. The minimum Gasteiger partial charge on any atom is -0.481 e. The number of rotatable bonds is 8. The number of hydrogen-bond acceptors (Lipinski definition) is 4. The molecular formula is C14H26N2O5. The van der Waals surface area contributed by atoms with E-state index in [1.165, 1.54) is 12.0 Å². The molecule has 0 aromatic heterocycles. The van der Waals surface area contributed by atoms with E-state index in [9.17, 15) is 14.4 Å². The molecule has 0 bridgehead atoms. The molecule has 0 heterocycles. The van der Waals surface area contributed by atoms with Gasteiger partial charge in [-0.1, -0.05) is 13.8 Å². The van der Waals surface area contributed by atoms with Gasteiger partial charge in [-0.05, 0) is 26.2 Å². The molecule has 0 aliphatic carbocycles. The van der Waals surface area contributed by atoms with Crippen LogP contribution >= 0.6 is 0 Å². The molecule has 2 amide bonds. The van der Waals surface area contributed by atoms with Crippen LogP contribution in [0.4, 0.5) is 4.79 Å². The van der Waals surface area contributed by atoms with E-state index in [1.54, 1.807) is 13.8 Å². The lowest BCUT2D eigenvalue weighted by Crippen LogP contribution is -2.51. The lowest BCUT2D eigenvalue weighted by molar-refractivity contribution is -0.143. The highest BCUT2D eigenvalue weighted by molar-refractivity contribution is 5.83. The summed E-state index contributed by atoms with van der Waals surface area (Å²) in [6.07, 6.45) is 0.321. The fraction of sp³-hybridized carbons (Fsp3) is 0.786. The van der Waals surface area contributed by atoms with Gasteiger partial charge in [0.25, 0.3) is 0 Å². The summed E-state index contributed by atoms with van der Waals surface area (Å²) in [7, 11) is 1.27. The summed E-state index contributed by atoms with van der Waals surface area (Å²) in [5.74, 6) is -1.26. The van der Waals surface area contributed by atoms with E-state index >= 15 is 0 Å². The van der Waals surface area contributed by atoms with Crippen LogP contribution in [0.25, 0.3) is 0 Å². The number of amides is 2. The third kappa shape index (κ3) is 7.53. The van der Waals surface area contributed by atoms with Crippen molar-refractivity contribution >= 4 is 18.0 Å². The van der Waals surface area contributed by atoms with Crippen LogP contribution < -0.4 is 5.32 Å². The maximum Gasteiger partial charge on any atom is 0.328 e. The average Bonchev–Trinajstić information content (AvgIpc) is 2.35. The van der Waals surface area contributed by atoms with Gasteiger partial charge in [-0.2, -0.15) is 0 Å². The predicted molar refractivity (Wildman–Crippen MR) is 77.9 cm³/mol. The molecule has 0 radical (unpaired) electrons. The van der Waals surface area contributed by atoms with Gasteiger partial charge in [0.2, 0.25) is 0 Å². The summed E-state index contributed by atoms with van der Waals surface area (Å²) in [6.45, 7) is 7.54. The van der Waals surface area contributed by atoms with E-state index in [0.717, 1.165) is 0 Å². The minimum atomic E-state index is -0.972. The molecule has 0 fully saturated rings. The van der Waals surface area contributed by atoms with Crippen molar-refractivity contribution in [2.24, 2.45) is 5.92 Å². The van der Waals surface area contributed by atoms with Gasteiger partial charge in [0, 0.05) is 12.6 Å². The maximum atomic E-state index is 12.2. The van der Waals surface area contributed by atoms with Gasteiger partial charge < -0.3 is 20.1 Å². The molecule has 1 atom stereocenters. The van der Waals surface area contributed by atoms with Crippen molar-refractivity contribution in [1.29, 1.82) is 0 Å². The number of carboxylic acids is 1. The maximum absolute atomic E-state index is 12.2. The zero-order valence-electron chi connectivity index (χ0n) is 13.4. The predicted octanol–water partition coefficient (Wildman–Crippen LogP) is 1.47. The van der Waals surface area contributed by atoms with Gasteiger partial charge in [-0.15, -0.1) is 0 Å². The highest BCUT2D eigenvalue weighted by Crippen LogP contribution is 2.08. The Morgan fingerprint density at radius 1 is 1.19 bits per heavy atom. The van der Waals surface area contributed by atoms with Gasteiger partial charge in [-0.3, -0.25) is 4.79 Å². The van der Waals surface area contributed by atoms with E-state index < -0.39 is 24.0 Å². The van der Waals surface area contributed by atoms with Gasteiger partial charge in [0.15, 0.2) is 0 Å². The number of hydrogen-bond donors (Lipinski definition) is 2. The van der Waals surface area contributed by atoms with Crippen molar-refractivity contribution in [2.45, 2.75) is 52.6 Å². The second-order valence-electron chi connectivity index (χ2n) is 5.59.